The van der Waals surface area contributed by atoms with Crippen molar-refractivity contribution >= 4 is 17.8 Å². The highest BCUT2D eigenvalue weighted by Gasteiger charge is 2.35. The highest BCUT2D eigenvalue weighted by atomic mass is 19.1. The van der Waals surface area contributed by atoms with Crippen LogP contribution in [0, 0.1) is 18.7 Å². The maximum absolute atomic E-state index is 13.4. The third-order valence-electron chi connectivity index (χ3n) is 4.68. The molecule has 1 aromatic carbocycles. The van der Waals surface area contributed by atoms with E-state index >= 15 is 0 Å². The van der Waals surface area contributed by atoms with Gasteiger partial charge in [-0.25, -0.2) is 19.2 Å². The van der Waals surface area contributed by atoms with Gasteiger partial charge in [0.2, 0.25) is 5.91 Å². The average molecular weight is 357 g/mol. The van der Waals surface area contributed by atoms with E-state index in [1.807, 2.05) is 0 Å². The molecule has 0 aliphatic carbocycles. The van der Waals surface area contributed by atoms with E-state index in [1.54, 1.807) is 25.3 Å². The van der Waals surface area contributed by atoms with Gasteiger partial charge in [-0.05, 0) is 49.1 Å². The highest BCUT2D eigenvalue weighted by Crippen LogP contribution is 2.36. The Kier molecular flexibility index (Phi) is 5.11. The van der Waals surface area contributed by atoms with Crippen molar-refractivity contribution in [2.45, 2.75) is 25.8 Å². The molecule has 0 radical (unpaired) electrons. The summed E-state index contributed by atoms with van der Waals surface area (Å²) in [7, 11) is 0. The number of halogens is 1. The number of nitrogens with one attached hydrogen (secondary N) is 1. The molecule has 7 nitrogen and oxygen atoms in total. The number of nitrogens with two attached hydrogens (primary N) is 1. The minimum absolute atomic E-state index is 0.169. The Bertz CT molecular complexity index is 814. The van der Waals surface area contributed by atoms with Crippen molar-refractivity contribution in [1.82, 2.24) is 14.9 Å². The van der Waals surface area contributed by atoms with Crippen LogP contribution in [0.5, 0.6) is 0 Å². The molecule has 2 aromatic rings. The van der Waals surface area contributed by atoms with E-state index in [9.17, 15) is 14.0 Å². The number of amides is 3. The summed E-state index contributed by atoms with van der Waals surface area (Å²) in [6.45, 7) is 2.14. The molecule has 2 heterocycles. The quantitative estimate of drug-likeness (QED) is 0.880. The molecule has 2 atom stereocenters. The lowest BCUT2D eigenvalue weighted by Crippen LogP contribution is -2.46. The van der Waals surface area contributed by atoms with Gasteiger partial charge in [-0.15, -0.1) is 0 Å². The van der Waals surface area contributed by atoms with E-state index in [1.165, 1.54) is 23.4 Å². The second-order valence-electron chi connectivity index (χ2n) is 6.35. The van der Waals surface area contributed by atoms with Crippen LogP contribution < -0.4 is 11.1 Å². The SMILES string of the molecule is Cc1cc(F)ccc1C1CC(C(=O)Nc2ccncn2)CCN1C(N)=O. The predicted octanol–water partition coefficient (Wildman–Crippen LogP) is 2.39. The van der Waals surface area contributed by atoms with Gasteiger partial charge in [-0.3, -0.25) is 4.79 Å². The number of urea groups is 1. The Labute approximate surface area is 150 Å². The molecule has 1 aromatic heterocycles. The molecule has 1 aliphatic rings. The second kappa shape index (κ2) is 7.47. The number of carbonyl (C=O) groups is 2. The van der Waals surface area contributed by atoms with Crippen molar-refractivity contribution in [2.75, 3.05) is 11.9 Å². The summed E-state index contributed by atoms with van der Waals surface area (Å²) in [6.07, 6.45) is 3.81. The van der Waals surface area contributed by atoms with Crippen LogP contribution in [-0.4, -0.2) is 33.4 Å². The number of carbonyl (C=O) groups excluding carboxylic acids is 2. The van der Waals surface area contributed by atoms with Crippen molar-refractivity contribution < 1.29 is 14.0 Å². The van der Waals surface area contributed by atoms with Gasteiger partial charge in [0.05, 0.1) is 6.04 Å². The van der Waals surface area contributed by atoms with Crippen LogP contribution in [0.3, 0.4) is 0 Å². The van der Waals surface area contributed by atoms with E-state index in [4.69, 9.17) is 5.73 Å². The zero-order valence-corrected chi connectivity index (χ0v) is 14.4. The number of hydrogen-bond acceptors (Lipinski definition) is 4. The molecule has 1 fully saturated rings. The van der Waals surface area contributed by atoms with Crippen LogP contribution in [0.15, 0.2) is 36.8 Å². The lowest BCUT2D eigenvalue weighted by molar-refractivity contribution is -0.121. The standard InChI is InChI=1S/C18H20FN5O2/c1-11-8-13(19)2-3-14(11)15-9-12(5-7-24(15)18(20)26)17(25)23-16-4-6-21-10-22-16/h2-4,6,8,10,12,15H,5,7,9H2,1H3,(H2,20,26)(H,21,22,23,25). The van der Waals surface area contributed by atoms with Gasteiger partial charge in [0, 0.05) is 18.7 Å². The number of aromatic nitrogens is 2. The lowest BCUT2D eigenvalue weighted by Gasteiger charge is -2.38. The Balaban J connectivity index is 1.81. The average Bonchev–Trinajstić information content (AvgIpc) is 2.62. The number of nitrogens with zero attached hydrogens (tertiary/aromatic N) is 3. The van der Waals surface area contributed by atoms with E-state index in [2.05, 4.69) is 15.3 Å². The van der Waals surface area contributed by atoms with E-state index in [0.29, 0.717) is 25.2 Å². The lowest BCUT2D eigenvalue weighted by atomic mass is 9.85. The summed E-state index contributed by atoms with van der Waals surface area (Å²) >= 11 is 0. The van der Waals surface area contributed by atoms with Crippen molar-refractivity contribution in [3.8, 4) is 0 Å². The topological polar surface area (TPSA) is 101 Å². The van der Waals surface area contributed by atoms with Crippen molar-refractivity contribution in [2.24, 2.45) is 11.7 Å². The number of primary amides is 1. The molecule has 0 spiro atoms. The molecule has 136 valence electrons. The van der Waals surface area contributed by atoms with Crippen molar-refractivity contribution in [3.63, 3.8) is 0 Å². The Morgan fingerprint density at radius 1 is 1.35 bits per heavy atom. The fourth-order valence-electron chi connectivity index (χ4n) is 3.37. The van der Waals surface area contributed by atoms with Crippen molar-refractivity contribution in [3.05, 3.63) is 53.7 Å². The molecule has 1 saturated heterocycles. The van der Waals surface area contributed by atoms with Gasteiger partial charge in [-0.1, -0.05) is 6.07 Å². The first-order valence-electron chi connectivity index (χ1n) is 8.34. The molecule has 0 bridgehead atoms. The Morgan fingerprint density at radius 2 is 2.15 bits per heavy atom. The first kappa shape index (κ1) is 17.8. The summed E-state index contributed by atoms with van der Waals surface area (Å²) in [5.74, 6) is -0.393. The Hall–Kier alpha value is -3.03. The maximum atomic E-state index is 13.4. The maximum Gasteiger partial charge on any atom is 0.315 e. The van der Waals surface area contributed by atoms with Gasteiger partial charge in [0.15, 0.2) is 0 Å². The molecule has 3 N–H and O–H groups in total. The van der Waals surface area contributed by atoms with Crippen LogP contribution in [0.1, 0.15) is 30.0 Å². The first-order valence-corrected chi connectivity index (χ1v) is 8.34. The van der Waals surface area contributed by atoms with Gasteiger partial charge in [-0.2, -0.15) is 0 Å². The molecule has 3 rings (SSSR count). The third-order valence-corrected chi connectivity index (χ3v) is 4.68. The zero-order chi connectivity index (χ0) is 18.7. The number of aryl methyl sites for hydroxylation is 1. The normalized spacial score (nSPS) is 19.8. The molecule has 3 amide bonds. The highest BCUT2D eigenvalue weighted by molar-refractivity contribution is 5.91. The summed E-state index contributed by atoms with van der Waals surface area (Å²) in [6, 6.07) is 5.11. The third kappa shape index (κ3) is 3.79. The van der Waals surface area contributed by atoms with Crippen LogP contribution in [0.4, 0.5) is 15.0 Å². The van der Waals surface area contributed by atoms with Gasteiger partial charge in [0.1, 0.15) is 18.0 Å². The van der Waals surface area contributed by atoms with Gasteiger partial charge >= 0.3 is 6.03 Å². The molecular formula is C18H20FN5O2. The second-order valence-corrected chi connectivity index (χ2v) is 6.35. The van der Waals surface area contributed by atoms with Crippen molar-refractivity contribution in [1.29, 1.82) is 0 Å². The molecule has 2 unspecified atom stereocenters. The van der Waals surface area contributed by atoms with Gasteiger partial charge < -0.3 is 16.0 Å². The largest absolute Gasteiger partial charge is 0.351 e. The van der Waals surface area contributed by atoms with Gasteiger partial charge in [0.25, 0.3) is 0 Å². The minimum atomic E-state index is -0.548. The fourth-order valence-corrected chi connectivity index (χ4v) is 3.37. The summed E-state index contributed by atoms with van der Waals surface area (Å²) in [4.78, 5) is 33.8. The molecule has 1 aliphatic heterocycles. The monoisotopic (exact) mass is 357 g/mol. The molecule has 26 heavy (non-hydrogen) atoms. The summed E-state index contributed by atoms with van der Waals surface area (Å²) in [5, 5.41) is 2.77. The summed E-state index contributed by atoms with van der Waals surface area (Å²) in [5.41, 5.74) is 7.03. The minimum Gasteiger partial charge on any atom is -0.351 e. The number of piperidine rings is 1. The van der Waals surface area contributed by atoms with E-state index < -0.39 is 6.03 Å². The van der Waals surface area contributed by atoms with Crippen LogP contribution in [-0.2, 0) is 4.79 Å². The van der Waals surface area contributed by atoms with Crippen LogP contribution >= 0.6 is 0 Å². The predicted molar refractivity (Wildman–Crippen MR) is 93.6 cm³/mol. The number of likely N-dealkylation sites (tertiary alicyclic amines) is 1. The smallest absolute Gasteiger partial charge is 0.315 e. The first-order chi connectivity index (χ1) is 12.5. The van der Waals surface area contributed by atoms with Crippen LogP contribution in [0.2, 0.25) is 0 Å². The fraction of sp³-hybridized carbons (Fsp3) is 0.333. The number of anilines is 1. The summed E-state index contributed by atoms with van der Waals surface area (Å²) < 4.78 is 13.4. The number of rotatable bonds is 3. The number of benzene rings is 1. The number of hydrogen-bond donors (Lipinski definition) is 2. The molecule has 0 saturated carbocycles. The van der Waals surface area contributed by atoms with E-state index in [0.717, 1.165) is 11.1 Å². The molecule has 8 heteroatoms. The Morgan fingerprint density at radius 3 is 2.81 bits per heavy atom. The van der Waals surface area contributed by atoms with E-state index in [-0.39, 0.29) is 23.7 Å². The van der Waals surface area contributed by atoms with Crippen LogP contribution in [0.25, 0.3) is 0 Å². The molecular weight excluding hydrogens is 337 g/mol. The zero-order valence-electron chi connectivity index (χ0n) is 14.4.